The van der Waals surface area contributed by atoms with Crippen LogP contribution < -0.4 is 0 Å². The minimum absolute atomic E-state index is 0.246. The van der Waals surface area contributed by atoms with Crippen LogP contribution in [0.15, 0.2) is 18.3 Å². The minimum Gasteiger partial charge on any atom is -0.462 e. The largest absolute Gasteiger partial charge is 0.462 e. The van der Waals surface area contributed by atoms with Crippen molar-refractivity contribution in [2.75, 3.05) is 19.7 Å². The van der Waals surface area contributed by atoms with Crippen LogP contribution in [0.25, 0.3) is 11.0 Å². The number of pyridine rings is 1. The van der Waals surface area contributed by atoms with Crippen molar-refractivity contribution in [3.63, 3.8) is 0 Å². The molecular formula is C22H31N3O4. The first-order valence-corrected chi connectivity index (χ1v) is 10.3. The molecule has 0 saturated carbocycles. The molecule has 1 aliphatic heterocycles. The Morgan fingerprint density at radius 2 is 1.93 bits per heavy atom. The third-order valence-electron chi connectivity index (χ3n) is 5.26. The van der Waals surface area contributed by atoms with E-state index in [4.69, 9.17) is 9.47 Å². The second kappa shape index (κ2) is 8.43. The number of fused-ring (bicyclic) bond motifs is 1. The van der Waals surface area contributed by atoms with E-state index >= 15 is 0 Å². The topological polar surface area (TPSA) is 73.7 Å². The Labute approximate surface area is 172 Å². The van der Waals surface area contributed by atoms with Gasteiger partial charge in [0.15, 0.2) is 0 Å². The summed E-state index contributed by atoms with van der Waals surface area (Å²) in [6.45, 7) is 11.9. The van der Waals surface area contributed by atoms with Crippen LogP contribution in [-0.2, 0) is 16.0 Å². The molecule has 1 fully saturated rings. The number of nitrogens with zero attached hydrogens (tertiary/aromatic N) is 3. The molecule has 1 saturated heterocycles. The van der Waals surface area contributed by atoms with E-state index < -0.39 is 5.60 Å². The molecule has 0 spiro atoms. The molecule has 2 aromatic heterocycles. The summed E-state index contributed by atoms with van der Waals surface area (Å²) in [6.07, 6.45) is 3.28. The summed E-state index contributed by atoms with van der Waals surface area (Å²) < 4.78 is 12.9. The van der Waals surface area contributed by atoms with Crippen molar-refractivity contribution in [3.8, 4) is 0 Å². The maximum absolute atomic E-state index is 12.5. The number of hydrogen-bond donors (Lipinski definition) is 0. The molecule has 3 heterocycles. The second-order valence-electron chi connectivity index (χ2n) is 8.58. The number of carbonyl (C=O) groups is 2. The van der Waals surface area contributed by atoms with Crippen molar-refractivity contribution in [1.82, 2.24) is 14.5 Å². The Morgan fingerprint density at radius 1 is 1.24 bits per heavy atom. The summed E-state index contributed by atoms with van der Waals surface area (Å²) in [4.78, 5) is 31.1. The van der Waals surface area contributed by atoms with Crippen LogP contribution in [0.2, 0.25) is 0 Å². The Hall–Kier alpha value is -2.57. The summed E-state index contributed by atoms with van der Waals surface area (Å²) in [5, 5.41) is 0.828. The molecule has 0 bridgehead atoms. The average Bonchev–Trinajstić information content (AvgIpc) is 2.93. The van der Waals surface area contributed by atoms with E-state index in [1.54, 1.807) is 11.1 Å². The maximum Gasteiger partial charge on any atom is 0.410 e. The van der Waals surface area contributed by atoms with Crippen molar-refractivity contribution in [1.29, 1.82) is 0 Å². The number of ether oxygens (including phenoxy) is 2. The van der Waals surface area contributed by atoms with Crippen molar-refractivity contribution in [2.45, 2.75) is 59.6 Å². The Morgan fingerprint density at radius 3 is 2.55 bits per heavy atom. The highest BCUT2D eigenvalue weighted by molar-refractivity contribution is 6.04. The molecule has 0 atom stereocenters. The highest BCUT2D eigenvalue weighted by Gasteiger charge is 2.28. The van der Waals surface area contributed by atoms with E-state index in [0.29, 0.717) is 31.2 Å². The number of carbonyl (C=O) groups excluding carboxylic acids is 2. The molecule has 158 valence electrons. The van der Waals surface area contributed by atoms with E-state index in [9.17, 15) is 9.59 Å². The number of esters is 1. The fourth-order valence-corrected chi connectivity index (χ4v) is 3.86. The molecule has 1 amide bonds. The lowest BCUT2D eigenvalue weighted by Crippen LogP contribution is -2.42. The number of piperidine rings is 1. The van der Waals surface area contributed by atoms with Crippen molar-refractivity contribution >= 4 is 23.1 Å². The highest BCUT2D eigenvalue weighted by Crippen LogP contribution is 2.28. The van der Waals surface area contributed by atoms with Crippen molar-refractivity contribution < 1.29 is 19.1 Å². The fraction of sp³-hybridized carbons (Fsp3) is 0.591. The molecule has 1 aliphatic rings. The van der Waals surface area contributed by atoms with Gasteiger partial charge in [-0.3, -0.25) is 0 Å². The zero-order valence-corrected chi connectivity index (χ0v) is 18.0. The van der Waals surface area contributed by atoms with Gasteiger partial charge in [0.2, 0.25) is 0 Å². The van der Waals surface area contributed by atoms with Gasteiger partial charge in [-0.1, -0.05) is 0 Å². The van der Waals surface area contributed by atoms with E-state index in [-0.39, 0.29) is 12.1 Å². The smallest absolute Gasteiger partial charge is 0.410 e. The fourth-order valence-electron chi connectivity index (χ4n) is 3.86. The molecule has 7 nitrogen and oxygen atoms in total. The Balaban J connectivity index is 1.74. The monoisotopic (exact) mass is 401 g/mol. The van der Waals surface area contributed by atoms with Crippen LogP contribution >= 0.6 is 0 Å². The van der Waals surface area contributed by atoms with E-state index in [2.05, 4.69) is 9.55 Å². The van der Waals surface area contributed by atoms with Crippen molar-refractivity contribution in [2.24, 2.45) is 5.92 Å². The minimum atomic E-state index is -0.482. The first-order chi connectivity index (χ1) is 13.7. The SMILES string of the molecule is CCOC(=O)c1c(C)n(CC2CCN(C(=O)OC(C)(C)C)CC2)c2ncccc12. The maximum atomic E-state index is 12.5. The molecule has 7 heteroatoms. The van der Waals surface area contributed by atoms with E-state index in [0.717, 1.165) is 36.1 Å². The van der Waals surface area contributed by atoms with Gasteiger partial charge in [0.1, 0.15) is 11.2 Å². The Kier molecular flexibility index (Phi) is 6.15. The van der Waals surface area contributed by atoms with Crippen LogP contribution in [0, 0.1) is 12.8 Å². The number of hydrogen-bond acceptors (Lipinski definition) is 5. The second-order valence-corrected chi connectivity index (χ2v) is 8.58. The number of amides is 1. The molecule has 3 rings (SSSR count). The van der Waals surface area contributed by atoms with Crippen molar-refractivity contribution in [3.05, 3.63) is 29.6 Å². The summed E-state index contributed by atoms with van der Waals surface area (Å²) in [5.74, 6) is 0.0986. The van der Waals surface area contributed by atoms with Gasteiger partial charge in [0.05, 0.1) is 12.2 Å². The van der Waals surface area contributed by atoms with Gasteiger partial charge < -0.3 is 18.9 Å². The predicted molar refractivity (Wildman–Crippen MR) is 111 cm³/mol. The molecule has 2 aromatic rings. The highest BCUT2D eigenvalue weighted by atomic mass is 16.6. The molecule has 0 aromatic carbocycles. The lowest BCUT2D eigenvalue weighted by Gasteiger charge is -2.33. The molecule has 0 aliphatic carbocycles. The van der Waals surface area contributed by atoms with Crippen LogP contribution in [0.4, 0.5) is 4.79 Å². The molecular weight excluding hydrogens is 370 g/mol. The standard InChI is InChI=1S/C22H31N3O4/c1-6-28-20(26)18-15(2)25(19-17(18)8-7-11-23-19)14-16-9-12-24(13-10-16)21(27)29-22(3,4)5/h7-8,11,16H,6,9-10,12-14H2,1-5H3. The van der Waals surface area contributed by atoms with E-state index in [1.165, 1.54) is 0 Å². The molecule has 0 radical (unpaired) electrons. The summed E-state index contributed by atoms with van der Waals surface area (Å²) in [7, 11) is 0. The van der Waals surface area contributed by atoms with Gasteiger partial charge in [-0.25, -0.2) is 14.6 Å². The summed E-state index contributed by atoms with van der Waals surface area (Å²) in [5.41, 5.74) is 1.81. The Bertz CT molecular complexity index is 889. The van der Waals surface area contributed by atoms with Gasteiger partial charge in [0, 0.05) is 36.9 Å². The normalized spacial score (nSPS) is 15.6. The third kappa shape index (κ3) is 4.71. The van der Waals surface area contributed by atoms with Crippen LogP contribution in [0.1, 0.15) is 56.6 Å². The van der Waals surface area contributed by atoms with Gasteiger partial charge >= 0.3 is 12.1 Å². The predicted octanol–water partition coefficient (Wildman–Crippen LogP) is 4.17. The average molecular weight is 402 g/mol. The number of rotatable bonds is 4. The van der Waals surface area contributed by atoms with Gasteiger partial charge in [-0.05, 0) is 65.5 Å². The number of likely N-dealkylation sites (tertiary alicyclic amines) is 1. The summed E-state index contributed by atoms with van der Waals surface area (Å²) in [6, 6.07) is 3.76. The summed E-state index contributed by atoms with van der Waals surface area (Å²) >= 11 is 0. The molecule has 0 unspecified atom stereocenters. The zero-order valence-electron chi connectivity index (χ0n) is 18.0. The number of aromatic nitrogens is 2. The van der Waals surface area contributed by atoms with Crippen LogP contribution in [0.5, 0.6) is 0 Å². The molecule has 29 heavy (non-hydrogen) atoms. The van der Waals surface area contributed by atoms with E-state index in [1.807, 2.05) is 46.8 Å². The first-order valence-electron chi connectivity index (χ1n) is 10.3. The lowest BCUT2D eigenvalue weighted by molar-refractivity contribution is 0.0178. The van der Waals surface area contributed by atoms with Crippen LogP contribution in [-0.4, -0.2) is 51.8 Å². The van der Waals surface area contributed by atoms with Crippen LogP contribution in [0.3, 0.4) is 0 Å². The first kappa shape index (κ1) is 21.1. The van der Waals surface area contributed by atoms with Gasteiger partial charge in [0.25, 0.3) is 0 Å². The van der Waals surface area contributed by atoms with Gasteiger partial charge in [-0.15, -0.1) is 0 Å². The van der Waals surface area contributed by atoms with Gasteiger partial charge in [-0.2, -0.15) is 0 Å². The lowest BCUT2D eigenvalue weighted by atomic mass is 9.97. The molecule has 0 N–H and O–H groups in total. The third-order valence-corrected chi connectivity index (χ3v) is 5.26. The quantitative estimate of drug-likeness (QED) is 0.719. The zero-order chi connectivity index (χ0) is 21.2.